The molecule has 0 saturated heterocycles. The summed E-state index contributed by atoms with van der Waals surface area (Å²) in [5.74, 6) is 0. The number of hydrogen-bond donors (Lipinski definition) is 0. The lowest BCUT2D eigenvalue weighted by atomic mass is 10.2. The molecule has 0 N–H and O–H groups in total. The molecule has 0 aliphatic rings. The lowest BCUT2D eigenvalue weighted by Gasteiger charge is -1.86. The SMILES string of the molecule is C/C=C/c1ccccc1.CC.CCC=C(C)C. The van der Waals surface area contributed by atoms with Gasteiger partial charge in [-0.2, -0.15) is 0 Å². The molecule has 1 aromatic carbocycles. The van der Waals surface area contributed by atoms with E-state index < -0.39 is 0 Å². The Bertz CT molecular complexity index is 287. The highest BCUT2D eigenvalue weighted by Gasteiger charge is 1.77. The second kappa shape index (κ2) is 14.7. The van der Waals surface area contributed by atoms with Crippen LogP contribution in [-0.4, -0.2) is 0 Å². The minimum atomic E-state index is 1.17. The highest BCUT2D eigenvalue weighted by Crippen LogP contribution is 1.99. The maximum Gasteiger partial charge on any atom is -0.0260 e. The average molecular weight is 232 g/mol. The van der Waals surface area contributed by atoms with Gasteiger partial charge in [-0.15, -0.1) is 0 Å². The van der Waals surface area contributed by atoms with Gasteiger partial charge in [-0.25, -0.2) is 0 Å². The van der Waals surface area contributed by atoms with Crippen molar-refractivity contribution in [3.05, 3.63) is 53.6 Å². The molecule has 1 aromatic rings. The van der Waals surface area contributed by atoms with Crippen LogP contribution < -0.4 is 0 Å². The quantitative estimate of drug-likeness (QED) is 0.540. The Morgan fingerprint density at radius 2 is 1.59 bits per heavy atom. The van der Waals surface area contributed by atoms with Crippen LogP contribution in [-0.2, 0) is 0 Å². The van der Waals surface area contributed by atoms with Gasteiger partial charge in [-0.1, -0.05) is 74.9 Å². The largest absolute Gasteiger partial charge is 0.0871 e. The summed E-state index contributed by atoms with van der Waals surface area (Å²) < 4.78 is 0. The first-order chi connectivity index (χ1) is 8.20. The first kappa shape index (κ1) is 18.1. The van der Waals surface area contributed by atoms with Crippen LogP contribution in [0.4, 0.5) is 0 Å². The molecular weight excluding hydrogens is 204 g/mol. The lowest BCUT2D eigenvalue weighted by molar-refractivity contribution is 1.18. The Kier molecular flexibility index (Phi) is 15.6. The van der Waals surface area contributed by atoms with Gasteiger partial charge in [0.05, 0.1) is 0 Å². The van der Waals surface area contributed by atoms with Crippen molar-refractivity contribution >= 4 is 6.08 Å². The van der Waals surface area contributed by atoms with Gasteiger partial charge in [0.15, 0.2) is 0 Å². The van der Waals surface area contributed by atoms with Gasteiger partial charge < -0.3 is 0 Å². The van der Waals surface area contributed by atoms with Crippen molar-refractivity contribution in [3.63, 3.8) is 0 Å². The third-order valence-electron chi connectivity index (χ3n) is 1.77. The van der Waals surface area contributed by atoms with Crippen molar-refractivity contribution in [1.82, 2.24) is 0 Å². The Balaban J connectivity index is 0. The Labute approximate surface area is 108 Å². The van der Waals surface area contributed by atoms with Crippen LogP contribution in [0.3, 0.4) is 0 Å². The summed E-state index contributed by atoms with van der Waals surface area (Å²) in [5.41, 5.74) is 2.68. The zero-order valence-corrected chi connectivity index (χ0v) is 12.3. The molecule has 0 aliphatic carbocycles. The van der Waals surface area contributed by atoms with Gasteiger partial charge in [0.25, 0.3) is 0 Å². The van der Waals surface area contributed by atoms with Crippen molar-refractivity contribution in [2.45, 2.75) is 48.0 Å². The smallest absolute Gasteiger partial charge is 0.0260 e. The molecule has 0 saturated carbocycles. The summed E-state index contributed by atoms with van der Waals surface area (Å²) in [6, 6.07) is 10.3. The normalized spacial score (nSPS) is 8.59. The van der Waals surface area contributed by atoms with E-state index in [2.05, 4.69) is 45.1 Å². The molecule has 0 radical (unpaired) electrons. The molecule has 0 nitrogen and oxygen atoms in total. The minimum absolute atomic E-state index is 1.17. The van der Waals surface area contributed by atoms with Crippen LogP contribution in [0.5, 0.6) is 0 Å². The zero-order valence-electron chi connectivity index (χ0n) is 12.3. The first-order valence-corrected chi connectivity index (χ1v) is 6.51. The monoisotopic (exact) mass is 232 g/mol. The fraction of sp³-hybridized carbons (Fsp3) is 0.412. The summed E-state index contributed by atoms with van der Waals surface area (Å²) in [6.07, 6.45) is 7.50. The van der Waals surface area contributed by atoms with Crippen molar-refractivity contribution < 1.29 is 0 Å². The van der Waals surface area contributed by atoms with Gasteiger partial charge in [0.1, 0.15) is 0 Å². The van der Waals surface area contributed by atoms with E-state index in [4.69, 9.17) is 0 Å². The molecule has 96 valence electrons. The molecule has 0 heterocycles. The third-order valence-corrected chi connectivity index (χ3v) is 1.77. The highest BCUT2D eigenvalue weighted by atomic mass is 13.8. The van der Waals surface area contributed by atoms with E-state index in [0.717, 1.165) is 0 Å². The second-order valence-electron chi connectivity index (χ2n) is 3.60. The van der Waals surface area contributed by atoms with Crippen molar-refractivity contribution in [2.75, 3.05) is 0 Å². The maximum absolute atomic E-state index is 2.21. The maximum atomic E-state index is 2.21. The number of allylic oxidation sites excluding steroid dienone is 3. The van der Waals surface area contributed by atoms with Crippen LogP contribution in [0, 0.1) is 0 Å². The van der Waals surface area contributed by atoms with Crippen LogP contribution in [0.1, 0.15) is 53.5 Å². The van der Waals surface area contributed by atoms with Crippen molar-refractivity contribution in [1.29, 1.82) is 0 Å². The molecule has 0 aliphatic heterocycles. The van der Waals surface area contributed by atoms with Crippen LogP contribution in [0.25, 0.3) is 6.08 Å². The molecule has 0 fully saturated rings. The van der Waals surface area contributed by atoms with E-state index >= 15 is 0 Å². The molecule has 1 rings (SSSR count). The molecule has 0 atom stereocenters. The standard InChI is InChI=1S/C9H10.C6H12.C2H6/c1-2-6-9-7-4-3-5-8-9;1-4-5-6(2)3;1-2/h2-8H,1H3;5H,4H2,1-3H3;1-2H3/b6-2+;;. The van der Waals surface area contributed by atoms with Crippen molar-refractivity contribution in [3.8, 4) is 0 Å². The molecule has 0 bridgehead atoms. The predicted octanol–water partition coefficient (Wildman–Crippen LogP) is 6.11. The van der Waals surface area contributed by atoms with Crippen LogP contribution in [0.15, 0.2) is 48.1 Å². The number of rotatable bonds is 2. The van der Waals surface area contributed by atoms with Gasteiger partial charge in [0, 0.05) is 0 Å². The molecule has 0 spiro atoms. The predicted molar refractivity (Wildman–Crippen MR) is 82.2 cm³/mol. The van der Waals surface area contributed by atoms with Gasteiger partial charge in [-0.3, -0.25) is 0 Å². The molecule has 0 unspecified atom stereocenters. The fourth-order valence-corrected chi connectivity index (χ4v) is 1.16. The first-order valence-electron chi connectivity index (χ1n) is 6.51. The van der Waals surface area contributed by atoms with Crippen molar-refractivity contribution in [2.24, 2.45) is 0 Å². The third kappa shape index (κ3) is 14.7. The van der Waals surface area contributed by atoms with E-state index in [1.165, 1.54) is 17.6 Å². The van der Waals surface area contributed by atoms with Crippen LogP contribution in [0.2, 0.25) is 0 Å². The van der Waals surface area contributed by atoms with Gasteiger partial charge in [-0.05, 0) is 32.8 Å². The van der Waals surface area contributed by atoms with E-state index in [1.54, 1.807) is 0 Å². The van der Waals surface area contributed by atoms with E-state index in [9.17, 15) is 0 Å². The topological polar surface area (TPSA) is 0 Å². The zero-order chi connectivity index (χ0) is 13.5. The number of benzene rings is 1. The average Bonchev–Trinajstić information content (AvgIpc) is 2.34. The minimum Gasteiger partial charge on any atom is -0.0871 e. The molecule has 17 heavy (non-hydrogen) atoms. The number of hydrogen-bond acceptors (Lipinski definition) is 0. The summed E-state index contributed by atoms with van der Waals surface area (Å²) >= 11 is 0. The van der Waals surface area contributed by atoms with Gasteiger partial charge >= 0.3 is 0 Å². The van der Waals surface area contributed by atoms with Crippen LogP contribution >= 0.6 is 0 Å². The molecule has 0 aromatic heterocycles. The van der Waals surface area contributed by atoms with E-state index in [1.807, 2.05) is 45.0 Å². The summed E-state index contributed by atoms with van der Waals surface area (Å²) in [4.78, 5) is 0. The summed E-state index contributed by atoms with van der Waals surface area (Å²) in [7, 11) is 0. The molecule has 0 heteroatoms. The van der Waals surface area contributed by atoms with E-state index in [0.29, 0.717) is 0 Å². The fourth-order valence-electron chi connectivity index (χ4n) is 1.16. The Hall–Kier alpha value is -1.30. The molecular formula is C17H28. The summed E-state index contributed by atoms with van der Waals surface area (Å²) in [6.45, 7) is 12.4. The molecule has 0 amide bonds. The second-order valence-corrected chi connectivity index (χ2v) is 3.60. The Morgan fingerprint density at radius 1 is 1.06 bits per heavy atom. The van der Waals surface area contributed by atoms with Gasteiger partial charge in [0.2, 0.25) is 0 Å². The highest BCUT2D eigenvalue weighted by molar-refractivity contribution is 5.47. The summed E-state index contributed by atoms with van der Waals surface area (Å²) in [5, 5.41) is 0. The Morgan fingerprint density at radius 3 is 1.88 bits per heavy atom. The van der Waals surface area contributed by atoms with E-state index in [-0.39, 0.29) is 0 Å². The lowest BCUT2D eigenvalue weighted by Crippen LogP contribution is -1.65.